The van der Waals surface area contributed by atoms with Gasteiger partial charge in [-0.15, -0.1) is 0 Å². The van der Waals surface area contributed by atoms with E-state index in [0.29, 0.717) is 0 Å². The van der Waals surface area contributed by atoms with Gasteiger partial charge in [0.2, 0.25) is 0 Å². The number of rotatable bonds is 6. The van der Waals surface area contributed by atoms with Crippen molar-refractivity contribution in [2.75, 3.05) is 14.2 Å². The summed E-state index contributed by atoms with van der Waals surface area (Å²) in [6.07, 6.45) is 1.67. The quantitative estimate of drug-likeness (QED) is 0.583. The van der Waals surface area contributed by atoms with E-state index >= 15 is 0 Å². The molecule has 0 bridgehead atoms. The highest BCUT2D eigenvalue weighted by atomic mass is 16.5. The van der Waals surface area contributed by atoms with Crippen molar-refractivity contribution >= 4 is 11.9 Å². The maximum atomic E-state index is 5.77. The smallest absolute Gasteiger partial charge is 0.121 e. The summed E-state index contributed by atoms with van der Waals surface area (Å²) in [5, 5.41) is 0. The second kappa shape index (κ2) is 8.27. The van der Waals surface area contributed by atoms with E-state index in [9.17, 15) is 0 Å². The summed E-state index contributed by atoms with van der Waals surface area (Å²) in [6.45, 7) is 0. The highest BCUT2D eigenvalue weighted by Gasteiger charge is 2.17. The molecule has 0 aliphatic carbocycles. The van der Waals surface area contributed by atoms with Crippen molar-refractivity contribution in [1.29, 1.82) is 0 Å². The van der Waals surface area contributed by atoms with Gasteiger partial charge >= 0.3 is 0 Å². The van der Waals surface area contributed by atoms with E-state index in [4.69, 9.17) is 14.5 Å². The monoisotopic (exact) mass is 331 g/mol. The van der Waals surface area contributed by atoms with Crippen molar-refractivity contribution in [3.8, 4) is 5.75 Å². The van der Waals surface area contributed by atoms with Crippen molar-refractivity contribution in [2.24, 2.45) is 4.99 Å². The minimum absolute atomic E-state index is 0.185. The van der Waals surface area contributed by atoms with Crippen LogP contribution in [0.2, 0.25) is 0 Å². The minimum Gasteiger partial charge on any atom is -0.497 e. The maximum absolute atomic E-state index is 5.77. The first kappa shape index (κ1) is 16.9. The molecule has 3 nitrogen and oxygen atoms in total. The Morgan fingerprint density at radius 2 is 1.52 bits per heavy atom. The molecule has 1 unspecified atom stereocenters. The molecule has 3 heteroatoms. The Labute approximate surface area is 148 Å². The summed E-state index contributed by atoms with van der Waals surface area (Å²) in [6, 6.07) is 26.0. The lowest BCUT2D eigenvalue weighted by Crippen LogP contribution is -2.04. The number of methoxy groups -OCH3 is 2. The van der Waals surface area contributed by atoms with Crippen LogP contribution in [-0.2, 0) is 4.74 Å². The lowest BCUT2D eigenvalue weighted by Gasteiger charge is -2.18. The number of aliphatic imine (C=N–C) groups is 1. The normalized spacial score (nSPS) is 12.2. The zero-order valence-corrected chi connectivity index (χ0v) is 14.4. The average Bonchev–Trinajstić information content (AvgIpc) is 2.69. The molecule has 1 atom stereocenters. The van der Waals surface area contributed by atoms with E-state index in [1.54, 1.807) is 14.2 Å². The Morgan fingerprint density at radius 1 is 0.840 bits per heavy atom. The molecule has 0 heterocycles. The Bertz CT molecular complexity index is 829. The molecule has 0 radical (unpaired) electrons. The number of nitrogens with zero attached hydrogens (tertiary/aromatic N) is 1. The molecule has 0 aromatic heterocycles. The average molecular weight is 331 g/mol. The van der Waals surface area contributed by atoms with Crippen LogP contribution in [0.1, 0.15) is 22.8 Å². The van der Waals surface area contributed by atoms with E-state index in [1.165, 1.54) is 0 Å². The third kappa shape index (κ3) is 4.14. The van der Waals surface area contributed by atoms with Gasteiger partial charge in [-0.25, -0.2) is 0 Å². The number of ether oxygens (including phenoxy) is 2. The number of benzene rings is 3. The van der Waals surface area contributed by atoms with Crippen molar-refractivity contribution in [3.05, 3.63) is 95.6 Å². The zero-order chi connectivity index (χ0) is 17.5. The van der Waals surface area contributed by atoms with Crippen LogP contribution in [0.4, 0.5) is 5.69 Å². The molecular formula is C22H21NO2. The minimum atomic E-state index is -0.185. The second-order valence-corrected chi connectivity index (χ2v) is 5.62. The number of hydrogen-bond acceptors (Lipinski definition) is 3. The van der Waals surface area contributed by atoms with E-state index in [0.717, 1.165) is 28.1 Å². The maximum Gasteiger partial charge on any atom is 0.121 e. The predicted molar refractivity (Wildman–Crippen MR) is 102 cm³/mol. The van der Waals surface area contributed by atoms with Gasteiger partial charge in [0.25, 0.3) is 0 Å². The second-order valence-electron chi connectivity index (χ2n) is 5.62. The molecule has 0 fully saturated rings. The highest BCUT2D eigenvalue weighted by Crippen LogP contribution is 2.35. The Kier molecular flexibility index (Phi) is 5.60. The largest absolute Gasteiger partial charge is 0.497 e. The van der Waals surface area contributed by atoms with Gasteiger partial charge in [0.1, 0.15) is 11.9 Å². The van der Waals surface area contributed by atoms with Crippen molar-refractivity contribution < 1.29 is 9.47 Å². The summed E-state index contributed by atoms with van der Waals surface area (Å²) >= 11 is 0. The molecule has 3 aromatic rings. The van der Waals surface area contributed by atoms with Crippen molar-refractivity contribution in [1.82, 2.24) is 0 Å². The summed E-state index contributed by atoms with van der Waals surface area (Å²) < 4.78 is 11.1. The standard InChI is InChI=1S/C22H21NO2/c1-24-19-13-14-20(22(25-2)18-11-7-4-8-12-18)21(15-19)23-16-17-9-5-3-6-10-17/h3-16,22H,1-2H3. The molecule has 0 amide bonds. The van der Waals surface area contributed by atoms with Crippen molar-refractivity contribution in [2.45, 2.75) is 6.10 Å². The van der Waals surface area contributed by atoms with Gasteiger partial charge < -0.3 is 9.47 Å². The van der Waals surface area contributed by atoms with Gasteiger partial charge in [-0.3, -0.25) is 4.99 Å². The van der Waals surface area contributed by atoms with Gasteiger partial charge in [-0.2, -0.15) is 0 Å². The summed E-state index contributed by atoms with van der Waals surface area (Å²) in [7, 11) is 3.37. The van der Waals surface area contributed by atoms with E-state index in [-0.39, 0.29) is 6.10 Å². The fourth-order valence-electron chi connectivity index (χ4n) is 2.74. The molecule has 3 aromatic carbocycles. The fourth-order valence-corrected chi connectivity index (χ4v) is 2.74. The predicted octanol–water partition coefficient (Wildman–Crippen LogP) is 5.18. The Balaban J connectivity index is 2.02. The van der Waals surface area contributed by atoms with Crippen LogP contribution in [0.3, 0.4) is 0 Å². The highest BCUT2D eigenvalue weighted by molar-refractivity contribution is 5.82. The van der Waals surface area contributed by atoms with Crippen LogP contribution in [0.15, 0.2) is 83.9 Å². The first-order chi connectivity index (χ1) is 12.3. The first-order valence-electron chi connectivity index (χ1n) is 8.16. The van der Waals surface area contributed by atoms with Crippen LogP contribution >= 0.6 is 0 Å². The van der Waals surface area contributed by atoms with Gasteiger partial charge in [0.15, 0.2) is 0 Å². The molecular weight excluding hydrogens is 310 g/mol. The first-order valence-corrected chi connectivity index (χ1v) is 8.16. The molecule has 0 spiro atoms. The van der Waals surface area contributed by atoms with Gasteiger partial charge in [0.05, 0.1) is 12.8 Å². The van der Waals surface area contributed by atoms with E-state index in [1.807, 2.05) is 72.9 Å². The molecule has 0 aliphatic heterocycles. The summed E-state index contributed by atoms with van der Waals surface area (Å²) in [5.41, 5.74) is 3.97. The van der Waals surface area contributed by atoms with Gasteiger partial charge in [0, 0.05) is 25.0 Å². The zero-order valence-electron chi connectivity index (χ0n) is 14.4. The van der Waals surface area contributed by atoms with Crippen molar-refractivity contribution in [3.63, 3.8) is 0 Å². The lowest BCUT2D eigenvalue weighted by molar-refractivity contribution is 0.137. The van der Waals surface area contributed by atoms with Crippen LogP contribution in [0, 0.1) is 0 Å². The lowest BCUT2D eigenvalue weighted by atomic mass is 9.99. The Hall–Kier alpha value is -2.91. The third-order valence-electron chi connectivity index (χ3n) is 4.01. The molecule has 126 valence electrons. The van der Waals surface area contributed by atoms with E-state index < -0.39 is 0 Å². The topological polar surface area (TPSA) is 30.8 Å². The SMILES string of the molecule is COc1ccc(C(OC)c2ccccc2)c(N=Cc2ccccc2)c1. The molecule has 0 saturated carbocycles. The van der Waals surface area contributed by atoms with Crippen LogP contribution in [0.5, 0.6) is 5.75 Å². The summed E-state index contributed by atoms with van der Waals surface area (Å²) in [5.74, 6) is 0.770. The fraction of sp³-hybridized carbons (Fsp3) is 0.136. The Morgan fingerprint density at radius 3 is 2.16 bits per heavy atom. The summed E-state index contributed by atoms with van der Waals surface area (Å²) in [4.78, 5) is 4.69. The molecule has 0 saturated heterocycles. The molecule has 3 rings (SSSR count). The van der Waals surface area contributed by atoms with Crippen LogP contribution in [0.25, 0.3) is 0 Å². The molecule has 0 aliphatic rings. The third-order valence-corrected chi connectivity index (χ3v) is 4.01. The van der Waals surface area contributed by atoms with Gasteiger partial charge in [-0.1, -0.05) is 66.7 Å². The van der Waals surface area contributed by atoms with E-state index in [2.05, 4.69) is 12.1 Å². The number of hydrogen-bond donors (Lipinski definition) is 0. The molecule has 25 heavy (non-hydrogen) atoms. The van der Waals surface area contributed by atoms with Crippen LogP contribution in [-0.4, -0.2) is 20.4 Å². The van der Waals surface area contributed by atoms with Crippen LogP contribution < -0.4 is 4.74 Å². The van der Waals surface area contributed by atoms with Gasteiger partial charge in [-0.05, 0) is 17.2 Å². The molecule has 0 N–H and O–H groups in total.